The fourth-order valence-electron chi connectivity index (χ4n) is 2.70. The Morgan fingerprint density at radius 1 is 1.41 bits per heavy atom. The first-order valence-electron chi connectivity index (χ1n) is 7.68. The molecule has 2 rings (SSSR count). The topological polar surface area (TPSA) is 55.8 Å². The monoisotopic (exact) mass is 323 g/mol. The van der Waals surface area contributed by atoms with E-state index >= 15 is 0 Å². The first-order chi connectivity index (χ1) is 10.1. The van der Waals surface area contributed by atoms with Crippen molar-refractivity contribution in [1.29, 1.82) is 0 Å². The molecule has 1 heterocycles. The molecule has 1 saturated heterocycles. The van der Waals surface area contributed by atoms with Gasteiger partial charge < -0.3 is 15.3 Å². The SMILES string of the molecule is CC(CNC(=O)N1CCC(O)(C(F)(F)F)CC1)N(C)C1CC1. The van der Waals surface area contributed by atoms with Crippen LogP contribution in [-0.4, -0.2) is 71.5 Å². The Labute approximate surface area is 128 Å². The third kappa shape index (κ3) is 3.84. The number of alkyl halides is 3. The summed E-state index contributed by atoms with van der Waals surface area (Å²) in [6.45, 7) is 2.30. The van der Waals surface area contributed by atoms with E-state index in [2.05, 4.69) is 10.2 Å². The highest BCUT2D eigenvalue weighted by atomic mass is 19.4. The number of hydrogen-bond acceptors (Lipinski definition) is 3. The molecule has 0 spiro atoms. The highest BCUT2D eigenvalue weighted by Crippen LogP contribution is 2.38. The number of aliphatic hydroxyl groups is 1. The van der Waals surface area contributed by atoms with Crippen LogP contribution in [0.3, 0.4) is 0 Å². The zero-order valence-electron chi connectivity index (χ0n) is 13.0. The van der Waals surface area contributed by atoms with Crippen LogP contribution in [0.25, 0.3) is 0 Å². The lowest BCUT2D eigenvalue weighted by Crippen LogP contribution is -2.56. The number of halogens is 3. The predicted molar refractivity (Wildman–Crippen MR) is 75.5 cm³/mol. The van der Waals surface area contributed by atoms with Crippen LogP contribution in [0.1, 0.15) is 32.6 Å². The van der Waals surface area contributed by atoms with Gasteiger partial charge in [-0.15, -0.1) is 0 Å². The minimum Gasteiger partial charge on any atom is -0.380 e. The van der Waals surface area contributed by atoms with E-state index in [0.717, 1.165) is 0 Å². The molecule has 0 aromatic carbocycles. The number of carbonyl (C=O) groups is 1. The zero-order chi connectivity index (χ0) is 16.5. The van der Waals surface area contributed by atoms with Gasteiger partial charge in [0.15, 0.2) is 5.60 Å². The van der Waals surface area contributed by atoms with E-state index in [1.807, 2.05) is 14.0 Å². The molecule has 1 atom stereocenters. The van der Waals surface area contributed by atoms with Gasteiger partial charge in [-0.05, 0) is 26.8 Å². The molecule has 0 bridgehead atoms. The first-order valence-corrected chi connectivity index (χ1v) is 7.68. The summed E-state index contributed by atoms with van der Waals surface area (Å²) in [4.78, 5) is 15.5. The predicted octanol–water partition coefficient (Wildman–Crippen LogP) is 1.57. The third-order valence-electron chi connectivity index (χ3n) is 4.77. The van der Waals surface area contributed by atoms with E-state index in [9.17, 15) is 23.1 Å². The Balaban J connectivity index is 1.75. The van der Waals surface area contributed by atoms with Gasteiger partial charge in [-0.2, -0.15) is 13.2 Å². The maximum atomic E-state index is 12.7. The molecule has 2 fully saturated rings. The van der Waals surface area contributed by atoms with E-state index in [1.54, 1.807) is 0 Å². The molecule has 2 N–H and O–H groups in total. The number of carbonyl (C=O) groups excluding carboxylic acids is 1. The maximum absolute atomic E-state index is 12.7. The van der Waals surface area contributed by atoms with Crippen molar-refractivity contribution in [1.82, 2.24) is 15.1 Å². The molecule has 1 unspecified atom stereocenters. The van der Waals surface area contributed by atoms with E-state index in [1.165, 1.54) is 17.7 Å². The molecule has 1 aliphatic heterocycles. The van der Waals surface area contributed by atoms with E-state index in [0.29, 0.717) is 12.6 Å². The number of hydrogen-bond donors (Lipinski definition) is 2. The summed E-state index contributed by atoms with van der Waals surface area (Å²) in [7, 11) is 2.01. The van der Waals surface area contributed by atoms with Gasteiger partial charge in [0.05, 0.1) is 0 Å². The summed E-state index contributed by atoms with van der Waals surface area (Å²) in [6, 6.07) is 0.414. The van der Waals surface area contributed by atoms with Crippen LogP contribution in [0.15, 0.2) is 0 Å². The molecule has 128 valence electrons. The number of likely N-dealkylation sites (tertiary alicyclic amines) is 1. The minimum absolute atomic E-state index is 0.0886. The normalized spacial score (nSPS) is 23.5. The number of likely N-dealkylation sites (N-methyl/N-ethyl adjacent to an activating group) is 1. The molecule has 2 aliphatic rings. The highest BCUT2D eigenvalue weighted by Gasteiger charge is 2.54. The van der Waals surface area contributed by atoms with Crippen molar-refractivity contribution < 1.29 is 23.1 Å². The van der Waals surface area contributed by atoms with Crippen molar-refractivity contribution in [3.8, 4) is 0 Å². The Bertz CT molecular complexity index is 405. The van der Waals surface area contributed by atoms with Gasteiger partial charge in [0, 0.05) is 44.6 Å². The van der Waals surface area contributed by atoms with Crippen LogP contribution >= 0.6 is 0 Å². The molecular weight excluding hydrogens is 299 g/mol. The molecule has 0 aromatic heterocycles. The fourth-order valence-corrected chi connectivity index (χ4v) is 2.70. The average molecular weight is 323 g/mol. The van der Waals surface area contributed by atoms with Crippen molar-refractivity contribution in [2.24, 2.45) is 0 Å². The number of piperidine rings is 1. The number of nitrogens with zero attached hydrogens (tertiary/aromatic N) is 2. The lowest BCUT2D eigenvalue weighted by Gasteiger charge is -2.39. The fraction of sp³-hybridized carbons (Fsp3) is 0.929. The lowest BCUT2D eigenvalue weighted by atomic mass is 9.91. The lowest BCUT2D eigenvalue weighted by molar-refractivity contribution is -0.271. The molecule has 5 nitrogen and oxygen atoms in total. The molecule has 1 aliphatic carbocycles. The highest BCUT2D eigenvalue weighted by molar-refractivity contribution is 5.74. The molecule has 0 radical (unpaired) electrons. The van der Waals surface area contributed by atoms with Gasteiger partial charge in [0.2, 0.25) is 0 Å². The summed E-state index contributed by atoms with van der Waals surface area (Å²) in [5, 5.41) is 12.3. The number of rotatable bonds is 4. The Morgan fingerprint density at radius 2 is 1.95 bits per heavy atom. The van der Waals surface area contributed by atoms with Crippen molar-refractivity contribution in [3.05, 3.63) is 0 Å². The largest absolute Gasteiger partial charge is 0.417 e. The Kier molecular flexibility index (Phi) is 4.91. The maximum Gasteiger partial charge on any atom is 0.417 e. The number of urea groups is 1. The van der Waals surface area contributed by atoms with Crippen LogP contribution in [0.4, 0.5) is 18.0 Å². The second-order valence-corrected chi connectivity index (χ2v) is 6.45. The van der Waals surface area contributed by atoms with Gasteiger partial charge in [-0.3, -0.25) is 4.90 Å². The standard InChI is InChI=1S/C14H24F3N3O2/c1-10(19(2)11-3-4-11)9-18-12(21)20-7-5-13(22,6-8-20)14(15,16)17/h10-11,22H,3-9H2,1-2H3,(H,18,21). The molecule has 1 saturated carbocycles. The van der Waals surface area contributed by atoms with Crippen molar-refractivity contribution >= 4 is 6.03 Å². The van der Waals surface area contributed by atoms with Crippen LogP contribution in [0, 0.1) is 0 Å². The van der Waals surface area contributed by atoms with Crippen LogP contribution in [0.5, 0.6) is 0 Å². The first kappa shape index (κ1) is 17.3. The van der Waals surface area contributed by atoms with Crippen molar-refractivity contribution in [3.63, 3.8) is 0 Å². The molecular formula is C14H24F3N3O2. The van der Waals surface area contributed by atoms with Gasteiger partial charge >= 0.3 is 12.2 Å². The molecule has 8 heteroatoms. The Hall–Kier alpha value is -1.02. The van der Waals surface area contributed by atoms with Gasteiger partial charge in [0.25, 0.3) is 0 Å². The Morgan fingerprint density at radius 3 is 2.41 bits per heavy atom. The third-order valence-corrected chi connectivity index (χ3v) is 4.77. The van der Waals surface area contributed by atoms with E-state index < -0.39 is 24.6 Å². The van der Waals surface area contributed by atoms with Crippen molar-refractivity contribution in [2.45, 2.75) is 56.5 Å². The summed E-state index contributed by atoms with van der Waals surface area (Å²) >= 11 is 0. The van der Waals surface area contributed by atoms with Gasteiger partial charge in [-0.1, -0.05) is 0 Å². The zero-order valence-corrected chi connectivity index (χ0v) is 13.0. The average Bonchev–Trinajstić information content (AvgIpc) is 3.27. The second-order valence-electron chi connectivity index (χ2n) is 6.45. The van der Waals surface area contributed by atoms with Gasteiger partial charge in [-0.25, -0.2) is 4.79 Å². The second kappa shape index (κ2) is 6.23. The quantitative estimate of drug-likeness (QED) is 0.826. The number of amides is 2. The van der Waals surface area contributed by atoms with Crippen LogP contribution in [0.2, 0.25) is 0 Å². The minimum atomic E-state index is -4.64. The van der Waals surface area contributed by atoms with Crippen molar-refractivity contribution in [2.75, 3.05) is 26.7 Å². The van der Waals surface area contributed by atoms with E-state index in [-0.39, 0.29) is 25.2 Å². The molecule has 2 amide bonds. The summed E-state index contributed by atoms with van der Waals surface area (Å²) in [6.07, 6.45) is -3.23. The smallest absolute Gasteiger partial charge is 0.380 e. The van der Waals surface area contributed by atoms with Crippen LogP contribution in [-0.2, 0) is 0 Å². The summed E-state index contributed by atoms with van der Waals surface area (Å²) < 4.78 is 38.1. The van der Waals surface area contributed by atoms with Crippen LogP contribution < -0.4 is 5.32 Å². The number of nitrogens with one attached hydrogen (secondary N) is 1. The van der Waals surface area contributed by atoms with Gasteiger partial charge in [0.1, 0.15) is 0 Å². The summed E-state index contributed by atoms with van der Waals surface area (Å²) in [5.74, 6) is 0. The van der Waals surface area contributed by atoms with E-state index in [4.69, 9.17) is 0 Å². The molecule has 0 aromatic rings. The molecule has 22 heavy (non-hydrogen) atoms. The summed E-state index contributed by atoms with van der Waals surface area (Å²) in [5.41, 5.74) is -2.66.